The van der Waals surface area contributed by atoms with Crippen LogP contribution in [0.15, 0.2) is 18.3 Å². The van der Waals surface area contributed by atoms with E-state index >= 15 is 0 Å². The standard InChI is InChI=1S/C15H21N3O2/c1-10(19)12-3-2-7-16-15(12)18-8-6-13-11(9-18)4-5-14(20)17-13/h2-3,7,10-11,13,19H,4-6,8-9H2,1H3,(H,17,20)/t10-,11?,13?/m0/s1. The molecule has 0 saturated carbocycles. The van der Waals surface area contributed by atoms with E-state index in [1.165, 1.54) is 0 Å². The van der Waals surface area contributed by atoms with Crippen molar-refractivity contribution in [3.63, 3.8) is 0 Å². The molecule has 0 bridgehead atoms. The quantitative estimate of drug-likeness (QED) is 0.852. The summed E-state index contributed by atoms with van der Waals surface area (Å²) in [6.45, 7) is 3.55. The summed E-state index contributed by atoms with van der Waals surface area (Å²) < 4.78 is 0. The number of rotatable bonds is 2. The molecule has 2 aliphatic rings. The Balaban J connectivity index is 1.78. The third-order valence-corrected chi connectivity index (χ3v) is 4.39. The lowest BCUT2D eigenvalue weighted by Crippen LogP contribution is -2.54. The van der Waals surface area contributed by atoms with E-state index < -0.39 is 6.10 Å². The maximum Gasteiger partial charge on any atom is 0.220 e. The summed E-state index contributed by atoms with van der Waals surface area (Å²) in [5.41, 5.74) is 0.880. The number of piperidine rings is 2. The van der Waals surface area contributed by atoms with E-state index in [0.29, 0.717) is 18.4 Å². The second kappa shape index (κ2) is 5.40. The predicted octanol–water partition coefficient (Wildman–Crippen LogP) is 1.24. The van der Waals surface area contributed by atoms with Gasteiger partial charge >= 0.3 is 0 Å². The fraction of sp³-hybridized carbons (Fsp3) is 0.600. The molecule has 0 radical (unpaired) electrons. The Bertz CT molecular complexity index is 504. The van der Waals surface area contributed by atoms with Gasteiger partial charge in [0.1, 0.15) is 5.82 Å². The van der Waals surface area contributed by atoms with Gasteiger partial charge in [-0.25, -0.2) is 4.98 Å². The van der Waals surface area contributed by atoms with Gasteiger partial charge in [-0.05, 0) is 31.7 Å². The molecule has 3 heterocycles. The molecule has 1 aromatic heterocycles. The maximum absolute atomic E-state index is 11.4. The van der Waals surface area contributed by atoms with Crippen LogP contribution in [-0.2, 0) is 4.79 Å². The van der Waals surface area contributed by atoms with Crippen LogP contribution in [0.2, 0.25) is 0 Å². The largest absolute Gasteiger partial charge is 0.389 e. The van der Waals surface area contributed by atoms with Crippen LogP contribution in [0, 0.1) is 5.92 Å². The van der Waals surface area contributed by atoms with Crippen LogP contribution in [-0.4, -0.2) is 35.1 Å². The average molecular weight is 275 g/mol. The minimum atomic E-state index is -0.512. The van der Waals surface area contributed by atoms with Crippen LogP contribution in [0.1, 0.15) is 37.9 Å². The third kappa shape index (κ3) is 2.50. The van der Waals surface area contributed by atoms with Crippen LogP contribution >= 0.6 is 0 Å². The van der Waals surface area contributed by atoms with E-state index in [1.54, 1.807) is 13.1 Å². The normalized spacial score (nSPS) is 27.7. The monoisotopic (exact) mass is 275 g/mol. The van der Waals surface area contributed by atoms with Gasteiger partial charge in [0.2, 0.25) is 5.91 Å². The number of carbonyl (C=O) groups excluding carboxylic acids is 1. The lowest BCUT2D eigenvalue weighted by molar-refractivity contribution is -0.124. The number of nitrogens with one attached hydrogen (secondary N) is 1. The molecule has 1 aromatic rings. The first-order chi connectivity index (χ1) is 9.65. The first-order valence-electron chi connectivity index (χ1n) is 7.32. The topological polar surface area (TPSA) is 65.5 Å². The highest BCUT2D eigenvalue weighted by atomic mass is 16.3. The first kappa shape index (κ1) is 13.4. The number of aromatic nitrogens is 1. The zero-order chi connectivity index (χ0) is 14.1. The summed E-state index contributed by atoms with van der Waals surface area (Å²) in [7, 11) is 0. The van der Waals surface area contributed by atoms with Gasteiger partial charge in [0.15, 0.2) is 0 Å². The second-order valence-electron chi connectivity index (χ2n) is 5.80. The molecule has 2 saturated heterocycles. The highest BCUT2D eigenvalue weighted by molar-refractivity contribution is 5.77. The van der Waals surface area contributed by atoms with Gasteiger partial charge in [-0.15, -0.1) is 0 Å². The fourth-order valence-electron chi connectivity index (χ4n) is 3.30. The van der Waals surface area contributed by atoms with Gasteiger partial charge in [-0.2, -0.15) is 0 Å². The average Bonchev–Trinajstić information content (AvgIpc) is 2.46. The predicted molar refractivity (Wildman–Crippen MR) is 76.4 cm³/mol. The van der Waals surface area contributed by atoms with E-state index in [2.05, 4.69) is 15.2 Å². The van der Waals surface area contributed by atoms with E-state index in [-0.39, 0.29) is 5.91 Å². The Morgan fingerprint density at radius 3 is 3.15 bits per heavy atom. The summed E-state index contributed by atoms with van der Waals surface area (Å²) >= 11 is 0. The van der Waals surface area contributed by atoms with Crippen molar-refractivity contribution < 1.29 is 9.90 Å². The number of pyridine rings is 1. The summed E-state index contributed by atoms with van der Waals surface area (Å²) in [6, 6.07) is 4.10. The minimum absolute atomic E-state index is 0.183. The second-order valence-corrected chi connectivity index (χ2v) is 5.80. The Morgan fingerprint density at radius 2 is 2.35 bits per heavy atom. The summed E-state index contributed by atoms with van der Waals surface area (Å²) in [5.74, 6) is 1.56. The van der Waals surface area contributed by atoms with Crippen molar-refractivity contribution in [2.45, 2.75) is 38.3 Å². The summed E-state index contributed by atoms with van der Waals surface area (Å²) in [4.78, 5) is 18.1. The first-order valence-corrected chi connectivity index (χ1v) is 7.32. The van der Waals surface area contributed by atoms with Crippen molar-refractivity contribution in [2.75, 3.05) is 18.0 Å². The molecule has 3 atom stereocenters. The third-order valence-electron chi connectivity index (χ3n) is 4.39. The fourth-order valence-corrected chi connectivity index (χ4v) is 3.30. The van der Waals surface area contributed by atoms with E-state index in [0.717, 1.165) is 37.3 Å². The number of fused-ring (bicyclic) bond motifs is 1. The molecule has 5 heteroatoms. The number of aliphatic hydroxyl groups excluding tert-OH is 1. The smallest absolute Gasteiger partial charge is 0.220 e. The number of anilines is 1. The highest BCUT2D eigenvalue weighted by Gasteiger charge is 2.34. The Hall–Kier alpha value is -1.62. The number of hydrogen-bond acceptors (Lipinski definition) is 4. The van der Waals surface area contributed by atoms with Crippen molar-refractivity contribution in [1.82, 2.24) is 10.3 Å². The summed E-state index contributed by atoms with van der Waals surface area (Å²) in [6.07, 6.45) is 3.79. The van der Waals surface area contributed by atoms with Crippen molar-refractivity contribution in [2.24, 2.45) is 5.92 Å². The number of carbonyl (C=O) groups is 1. The van der Waals surface area contributed by atoms with E-state index in [4.69, 9.17) is 0 Å². The molecule has 0 aliphatic carbocycles. The molecule has 108 valence electrons. The number of amides is 1. The molecule has 2 fully saturated rings. The van der Waals surface area contributed by atoms with E-state index in [9.17, 15) is 9.90 Å². The van der Waals surface area contributed by atoms with E-state index in [1.807, 2.05) is 12.1 Å². The Morgan fingerprint density at radius 1 is 1.50 bits per heavy atom. The molecule has 2 aliphatic heterocycles. The van der Waals surface area contributed by atoms with Crippen LogP contribution < -0.4 is 10.2 Å². The van der Waals surface area contributed by atoms with Gasteiger partial charge in [0.25, 0.3) is 0 Å². The molecular formula is C15H21N3O2. The SMILES string of the molecule is C[C@H](O)c1cccnc1N1CCC2NC(=O)CCC2C1. The van der Waals surface area contributed by atoms with Crippen molar-refractivity contribution in [1.29, 1.82) is 0 Å². The Labute approximate surface area is 119 Å². The molecule has 0 spiro atoms. The number of nitrogens with zero attached hydrogens (tertiary/aromatic N) is 2. The molecule has 0 aromatic carbocycles. The molecule has 1 amide bonds. The zero-order valence-electron chi connectivity index (χ0n) is 11.7. The minimum Gasteiger partial charge on any atom is -0.389 e. The summed E-state index contributed by atoms with van der Waals surface area (Å²) in [5, 5.41) is 13.0. The van der Waals surface area contributed by atoms with Crippen LogP contribution in [0.4, 0.5) is 5.82 Å². The van der Waals surface area contributed by atoms with Crippen molar-refractivity contribution >= 4 is 11.7 Å². The lowest BCUT2D eigenvalue weighted by atomic mass is 9.85. The van der Waals surface area contributed by atoms with Crippen LogP contribution in [0.3, 0.4) is 0 Å². The van der Waals surface area contributed by atoms with Gasteiger partial charge in [-0.3, -0.25) is 4.79 Å². The molecular weight excluding hydrogens is 254 g/mol. The number of hydrogen-bond donors (Lipinski definition) is 2. The molecule has 3 rings (SSSR count). The molecule has 2 N–H and O–H groups in total. The van der Waals surface area contributed by atoms with Crippen molar-refractivity contribution in [3.05, 3.63) is 23.9 Å². The van der Waals surface area contributed by atoms with Gasteiger partial charge in [0.05, 0.1) is 6.10 Å². The number of aliphatic hydroxyl groups is 1. The molecule has 20 heavy (non-hydrogen) atoms. The van der Waals surface area contributed by atoms with Gasteiger partial charge in [0, 0.05) is 37.3 Å². The Kier molecular flexibility index (Phi) is 3.61. The maximum atomic E-state index is 11.4. The van der Waals surface area contributed by atoms with Crippen LogP contribution in [0.25, 0.3) is 0 Å². The van der Waals surface area contributed by atoms with Crippen LogP contribution in [0.5, 0.6) is 0 Å². The molecule has 5 nitrogen and oxygen atoms in total. The van der Waals surface area contributed by atoms with Gasteiger partial charge < -0.3 is 15.3 Å². The lowest BCUT2D eigenvalue weighted by Gasteiger charge is -2.42. The van der Waals surface area contributed by atoms with Crippen molar-refractivity contribution in [3.8, 4) is 0 Å². The van der Waals surface area contributed by atoms with Gasteiger partial charge in [-0.1, -0.05) is 6.07 Å². The molecule has 2 unspecified atom stereocenters. The highest BCUT2D eigenvalue weighted by Crippen LogP contribution is 2.31. The zero-order valence-corrected chi connectivity index (χ0v) is 11.7.